The van der Waals surface area contributed by atoms with Crippen LogP contribution in [0, 0.1) is 0 Å². The van der Waals surface area contributed by atoms with Crippen molar-refractivity contribution in [1.82, 2.24) is 9.88 Å². The first kappa shape index (κ1) is 19.0. The van der Waals surface area contributed by atoms with Crippen LogP contribution in [-0.2, 0) is 11.8 Å². The molecule has 1 aliphatic heterocycles. The van der Waals surface area contributed by atoms with E-state index in [1.165, 1.54) is 25.7 Å². The Labute approximate surface area is 174 Å². The third-order valence-electron chi connectivity index (χ3n) is 7.14. The van der Waals surface area contributed by atoms with E-state index >= 15 is 0 Å². The van der Waals surface area contributed by atoms with Crippen LogP contribution in [-0.4, -0.2) is 41.2 Å². The van der Waals surface area contributed by atoms with Gasteiger partial charge in [0.25, 0.3) is 0 Å². The van der Waals surface area contributed by atoms with Gasteiger partial charge in [0.05, 0.1) is 17.1 Å². The standard InChI is InChI=1S/C24H28N2O2S/c27-17-19(29-22-8-4-3-7-21(22)25-23(29)28)10-14-26-15-12-24(13-16-26)11-9-18-5-1-2-6-20(18)24/h1-8,19,27H,9-17H2/p+1. The SMILES string of the molecule is O=c1[nH]c2ccccc2[s+]1C(CO)CCN1CCC2(CCc3ccccc32)CC1. The first-order chi connectivity index (χ1) is 14.2. The van der Waals surface area contributed by atoms with Gasteiger partial charge in [0.1, 0.15) is 5.52 Å². The third kappa shape index (κ3) is 3.35. The van der Waals surface area contributed by atoms with Crippen molar-refractivity contribution in [2.45, 2.75) is 42.8 Å². The number of thiazole rings is 1. The monoisotopic (exact) mass is 409 g/mol. The van der Waals surface area contributed by atoms with Crippen molar-refractivity contribution in [3.63, 3.8) is 0 Å². The van der Waals surface area contributed by atoms with Crippen molar-refractivity contribution in [2.75, 3.05) is 26.2 Å². The van der Waals surface area contributed by atoms with Crippen LogP contribution in [0.4, 0.5) is 0 Å². The van der Waals surface area contributed by atoms with Crippen molar-refractivity contribution in [3.05, 3.63) is 69.3 Å². The zero-order valence-electron chi connectivity index (χ0n) is 16.8. The number of rotatable bonds is 5. The summed E-state index contributed by atoms with van der Waals surface area (Å²) < 4.78 is 1.07. The minimum Gasteiger partial charge on any atom is -0.391 e. The largest absolute Gasteiger partial charge is 0.456 e. The molecule has 0 saturated carbocycles. The number of hydrogen-bond donors (Lipinski definition) is 2. The number of piperidine rings is 1. The number of H-pyrrole nitrogens is 1. The molecule has 2 unspecified atom stereocenters. The van der Waals surface area contributed by atoms with Gasteiger partial charge in [-0.15, -0.1) is 0 Å². The molecular formula is C24H29N2O2S+. The first-order valence-corrected chi connectivity index (χ1v) is 12.0. The number of likely N-dealkylation sites (tertiary alicyclic amines) is 1. The van der Waals surface area contributed by atoms with E-state index in [1.807, 2.05) is 24.3 Å². The number of nitrogens with one attached hydrogen (secondary N) is 1. The average molecular weight is 410 g/mol. The maximum atomic E-state index is 12.5. The normalized spacial score (nSPS) is 20.2. The molecule has 1 spiro atoms. The second-order valence-corrected chi connectivity index (χ2v) is 10.8. The second kappa shape index (κ2) is 7.71. The van der Waals surface area contributed by atoms with Gasteiger partial charge in [0, 0.05) is 19.0 Å². The van der Waals surface area contributed by atoms with E-state index in [1.54, 1.807) is 11.1 Å². The Morgan fingerprint density at radius 2 is 1.83 bits per heavy atom. The summed E-state index contributed by atoms with van der Waals surface area (Å²) in [6, 6.07) is 16.9. The van der Waals surface area contributed by atoms with Gasteiger partial charge in [-0.1, -0.05) is 36.4 Å². The molecular weight excluding hydrogens is 380 g/mol. The van der Waals surface area contributed by atoms with Crippen LogP contribution in [0.1, 0.15) is 42.1 Å². The molecule has 0 radical (unpaired) electrons. The van der Waals surface area contributed by atoms with Gasteiger partial charge in [0.2, 0.25) is 4.70 Å². The molecule has 1 fully saturated rings. The molecule has 0 amide bonds. The number of hydrogen-bond acceptors (Lipinski definition) is 3. The highest BCUT2D eigenvalue weighted by atomic mass is 32.2. The molecule has 3 aromatic rings. The molecule has 1 saturated heterocycles. The van der Waals surface area contributed by atoms with Crippen LogP contribution >= 0.6 is 10.5 Å². The Kier molecular flexibility index (Phi) is 5.06. The lowest BCUT2D eigenvalue weighted by molar-refractivity contribution is 0.152. The van der Waals surface area contributed by atoms with E-state index in [0.717, 1.165) is 36.3 Å². The van der Waals surface area contributed by atoms with E-state index < -0.39 is 10.5 Å². The third-order valence-corrected chi connectivity index (χ3v) is 9.52. The Bertz CT molecular complexity index is 1060. The fourth-order valence-corrected chi connectivity index (χ4v) is 7.61. The fraction of sp³-hybridized carbons (Fsp3) is 0.458. The van der Waals surface area contributed by atoms with Crippen molar-refractivity contribution in [3.8, 4) is 0 Å². The van der Waals surface area contributed by atoms with Gasteiger partial charge in [-0.25, -0.2) is 4.79 Å². The van der Waals surface area contributed by atoms with Gasteiger partial charge in [-0.05, 0) is 61.4 Å². The highest BCUT2D eigenvalue weighted by molar-refractivity contribution is 7.35. The fourth-order valence-electron chi connectivity index (χ4n) is 5.46. The number of fused-ring (bicyclic) bond motifs is 3. The van der Waals surface area contributed by atoms with Gasteiger partial charge in [0.15, 0.2) is 5.25 Å². The maximum Gasteiger partial charge on any atom is 0.456 e. The lowest BCUT2D eigenvalue weighted by Crippen LogP contribution is -2.42. The lowest BCUT2D eigenvalue weighted by atomic mass is 9.74. The minimum atomic E-state index is -0.554. The number of benzene rings is 2. The number of aliphatic hydroxyl groups excluding tert-OH is 1. The first-order valence-electron chi connectivity index (χ1n) is 10.7. The Morgan fingerprint density at radius 3 is 2.66 bits per heavy atom. The summed E-state index contributed by atoms with van der Waals surface area (Å²) in [7, 11) is -0.554. The molecule has 5 rings (SSSR count). The van der Waals surface area contributed by atoms with Crippen LogP contribution in [0.3, 0.4) is 0 Å². The molecule has 152 valence electrons. The smallest absolute Gasteiger partial charge is 0.391 e. The van der Waals surface area contributed by atoms with Crippen LogP contribution in [0.2, 0.25) is 0 Å². The summed E-state index contributed by atoms with van der Waals surface area (Å²) in [5.74, 6) is 0. The highest BCUT2D eigenvalue weighted by Gasteiger charge is 2.41. The van der Waals surface area contributed by atoms with E-state index in [-0.39, 0.29) is 16.7 Å². The van der Waals surface area contributed by atoms with E-state index in [2.05, 4.69) is 34.1 Å². The average Bonchev–Trinajstić information content (AvgIpc) is 3.28. The molecule has 2 atom stereocenters. The molecule has 29 heavy (non-hydrogen) atoms. The summed E-state index contributed by atoms with van der Waals surface area (Å²) >= 11 is 0. The summed E-state index contributed by atoms with van der Waals surface area (Å²) in [6.45, 7) is 3.25. The van der Waals surface area contributed by atoms with Gasteiger partial charge < -0.3 is 10.0 Å². The molecule has 1 aromatic heterocycles. The molecule has 0 bridgehead atoms. The van der Waals surface area contributed by atoms with Gasteiger partial charge >= 0.3 is 4.87 Å². The summed E-state index contributed by atoms with van der Waals surface area (Å²) in [5.41, 5.74) is 4.44. The number of aryl methyl sites for hydroxylation is 1. The molecule has 5 heteroatoms. The lowest BCUT2D eigenvalue weighted by Gasteiger charge is -2.40. The zero-order chi connectivity index (χ0) is 19.8. The minimum absolute atomic E-state index is 0.00161. The van der Waals surface area contributed by atoms with Crippen molar-refractivity contribution in [2.24, 2.45) is 0 Å². The molecule has 2 aliphatic rings. The summed E-state index contributed by atoms with van der Waals surface area (Å²) in [5, 5.41) is 10.0. The number of nitrogens with zero attached hydrogens (tertiary/aromatic N) is 1. The molecule has 2 N–H and O–H groups in total. The Balaban J connectivity index is 1.25. The second-order valence-electron chi connectivity index (χ2n) is 8.62. The van der Waals surface area contributed by atoms with Gasteiger partial charge in [-0.2, -0.15) is 0 Å². The van der Waals surface area contributed by atoms with E-state index in [4.69, 9.17) is 0 Å². The van der Waals surface area contributed by atoms with Crippen molar-refractivity contribution in [1.29, 1.82) is 0 Å². The summed E-state index contributed by atoms with van der Waals surface area (Å²) in [6.07, 6.45) is 5.83. The van der Waals surface area contributed by atoms with Crippen molar-refractivity contribution < 1.29 is 5.11 Å². The predicted molar refractivity (Wildman–Crippen MR) is 120 cm³/mol. The molecule has 2 aromatic carbocycles. The number of aromatic amines is 1. The van der Waals surface area contributed by atoms with Gasteiger partial charge in [-0.3, -0.25) is 4.98 Å². The maximum absolute atomic E-state index is 12.5. The van der Waals surface area contributed by atoms with E-state index in [0.29, 0.717) is 5.41 Å². The number of para-hydroxylation sites is 1. The highest BCUT2D eigenvalue weighted by Crippen LogP contribution is 2.46. The van der Waals surface area contributed by atoms with Crippen molar-refractivity contribution >= 4 is 20.7 Å². The van der Waals surface area contributed by atoms with Crippen LogP contribution in [0.25, 0.3) is 10.2 Å². The quantitative estimate of drug-likeness (QED) is 0.622. The number of aliphatic hydroxyl groups is 1. The van der Waals surface area contributed by atoms with Crippen LogP contribution in [0.5, 0.6) is 0 Å². The Morgan fingerprint density at radius 1 is 1.07 bits per heavy atom. The molecule has 1 aliphatic carbocycles. The van der Waals surface area contributed by atoms with Crippen LogP contribution < -0.4 is 4.87 Å². The predicted octanol–water partition coefficient (Wildman–Crippen LogP) is 4.18. The zero-order valence-corrected chi connectivity index (χ0v) is 17.6. The number of aromatic nitrogens is 1. The van der Waals surface area contributed by atoms with E-state index in [9.17, 15) is 9.90 Å². The molecule has 2 heterocycles. The molecule has 4 nitrogen and oxygen atoms in total. The topological polar surface area (TPSA) is 56.3 Å². The summed E-state index contributed by atoms with van der Waals surface area (Å²) in [4.78, 5) is 18.1. The Hall–Kier alpha value is -1.95. The van der Waals surface area contributed by atoms with Crippen LogP contribution in [0.15, 0.2) is 53.3 Å².